The fourth-order valence-corrected chi connectivity index (χ4v) is 3.11. The molecular weight excluding hydrogens is 277 g/mol. The number of nitrogens with two attached hydrogens (primary N) is 1. The molecule has 102 valence electrons. The van der Waals surface area contributed by atoms with Crippen LogP contribution in [0.15, 0.2) is 53.7 Å². The monoisotopic (exact) mass is 289 g/mol. The molecule has 3 rings (SSSR count). The van der Waals surface area contributed by atoms with Gasteiger partial charge in [-0.05, 0) is 30.3 Å². The normalized spacial score (nSPS) is 12.7. The molecule has 0 aliphatic heterocycles. The lowest BCUT2D eigenvalue weighted by molar-refractivity contribution is 0.623. The Morgan fingerprint density at radius 2 is 2.15 bits per heavy atom. The van der Waals surface area contributed by atoms with Gasteiger partial charge < -0.3 is 10.1 Å². The Labute approximate surface area is 117 Å². The molecule has 2 heterocycles. The summed E-state index contributed by atoms with van der Waals surface area (Å²) in [5, 5.41) is 0. The molecular formula is C14H12FN3OS. The van der Waals surface area contributed by atoms with Gasteiger partial charge >= 0.3 is 0 Å². The van der Waals surface area contributed by atoms with Crippen LogP contribution in [0.25, 0.3) is 5.65 Å². The summed E-state index contributed by atoms with van der Waals surface area (Å²) < 4.78 is 27.3. The third kappa shape index (κ3) is 2.42. The molecule has 3 aromatic rings. The molecule has 0 spiro atoms. The number of aromatic nitrogens is 2. The van der Waals surface area contributed by atoms with Crippen LogP contribution in [0.5, 0.6) is 0 Å². The molecule has 20 heavy (non-hydrogen) atoms. The standard InChI is InChI=1S/C14H12FN3OS/c15-10-4-5-12(16)13(7-10)20(19)9-11-8-18-6-2-1-3-14(18)17-11/h1-8H,9,16H2. The van der Waals surface area contributed by atoms with E-state index in [1.807, 2.05) is 35.0 Å². The van der Waals surface area contributed by atoms with Gasteiger partial charge in [0.25, 0.3) is 0 Å². The van der Waals surface area contributed by atoms with Crippen molar-refractivity contribution in [2.45, 2.75) is 10.6 Å². The van der Waals surface area contributed by atoms with Gasteiger partial charge in [0.2, 0.25) is 0 Å². The van der Waals surface area contributed by atoms with Crippen LogP contribution < -0.4 is 5.73 Å². The lowest BCUT2D eigenvalue weighted by Crippen LogP contribution is -2.01. The van der Waals surface area contributed by atoms with Crippen molar-refractivity contribution in [3.05, 3.63) is 60.3 Å². The highest BCUT2D eigenvalue weighted by Gasteiger charge is 2.12. The van der Waals surface area contributed by atoms with E-state index in [0.29, 0.717) is 16.3 Å². The van der Waals surface area contributed by atoms with Gasteiger partial charge in [0.1, 0.15) is 11.5 Å². The van der Waals surface area contributed by atoms with Gasteiger partial charge in [-0.1, -0.05) is 6.07 Å². The number of pyridine rings is 1. The molecule has 2 aromatic heterocycles. The van der Waals surface area contributed by atoms with E-state index in [1.165, 1.54) is 18.2 Å². The van der Waals surface area contributed by atoms with Crippen LogP contribution in [-0.4, -0.2) is 13.6 Å². The van der Waals surface area contributed by atoms with Gasteiger partial charge in [0.15, 0.2) is 0 Å². The van der Waals surface area contributed by atoms with E-state index in [2.05, 4.69) is 4.98 Å². The van der Waals surface area contributed by atoms with Gasteiger partial charge in [-0.3, -0.25) is 4.21 Å². The molecule has 0 fully saturated rings. The van der Waals surface area contributed by atoms with Crippen molar-refractivity contribution in [2.24, 2.45) is 0 Å². The average molecular weight is 289 g/mol. The number of nitrogen functional groups attached to an aromatic ring is 1. The van der Waals surface area contributed by atoms with Gasteiger partial charge in [-0.2, -0.15) is 0 Å². The van der Waals surface area contributed by atoms with Crippen LogP contribution in [0, 0.1) is 5.82 Å². The molecule has 0 radical (unpaired) electrons. The van der Waals surface area contributed by atoms with E-state index in [1.54, 1.807) is 0 Å². The lowest BCUT2D eigenvalue weighted by atomic mass is 10.3. The molecule has 0 aliphatic rings. The molecule has 1 atom stereocenters. The summed E-state index contributed by atoms with van der Waals surface area (Å²) in [5.74, 6) is -0.243. The van der Waals surface area contributed by atoms with Crippen LogP contribution in [0.1, 0.15) is 5.69 Å². The van der Waals surface area contributed by atoms with Crippen molar-refractivity contribution in [3.63, 3.8) is 0 Å². The van der Waals surface area contributed by atoms with Gasteiger partial charge in [0.05, 0.1) is 27.1 Å². The Balaban J connectivity index is 1.90. The van der Waals surface area contributed by atoms with Gasteiger partial charge in [-0.15, -0.1) is 0 Å². The molecule has 0 saturated heterocycles. The predicted molar refractivity (Wildman–Crippen MR) is 76.1 cm³/mol. The fourth-order valence-electron chi connectivity index (χ4n) is 1.97. The quantitative estimate of drug-likeness (QED) is 0.753. The second-order valence-corrected chi connectivity index (χ2v) is 5.79. The number of fused-ring (bicyclic) bond motifs is 1. The van der Waals surface area contributed by atoms with Crippen LogP contribution in [-0.2, 0) is 16.6 Å². The minimum Gasteiger partial charge on any atom is -0.398 e. The number of halogens is 1. The first-order valence-corrected chi connectivity index (χ1v) is 7.31. The third-order valence-electron chi connectivity index (χ3n) is 2.91. The molecule has 2 N–H and O–H groups in total. The van der Waals surface area contributed by atoms with Crippen molar-refractivity contribution in [1.29, 1.82) is 0 Å². The topological polar surface area (TPSA) is 60.4 Å². The summed E-state index contributed by atoms with van der Waals surface area (Å²) in [6, 6.07) is 9.52. The highest BCUT2D eigenvalue weighted by atomic mass is 32.2. The van der Waals surface area contributed by atoms with Crippen LogP contribution >= 0.6 is 0 Å². The highest BCUT2D eigenvalue weighted by Crippen LogP contribution is 2.20. The molecule has 1 unspecified atom stereocenters. The fraction of sp³-hybridized carbons (Fsp3) is 0.0714. The van der Waals surface area contributed by atoms with Crippen molar-refractivity contribution in [3.8, 4) is 0 Å². The van der Waals surface area contributed by atoms with Crippen LogP contribution in [0.4, 0.5) is 10.1 Å². The molecule has 0 aliphatic carbocycles. The van der Waals surface area contributed by atoms with Crippen molar-refractivity contribution < 1.29 is 8.60 Å². The average Bonchev–Trinajstić information content (AvgIpc) is 2.83. The van der Waals surface area contributed by atoms with Crippen molar-refractivity contribution in [2.75, 3.05) is 5.73 Å². The van der Waals surface area contributed by atoms with E-state index in [4.69, 9.17) is 5.73 Å². The Kier molecular flexibility index (Phi) is 3.23. The molecule has 4 nitrogen and oxygen atoms in total. The zero-order valence-electron chi connectivity index (χ0n) is 10.5. The number of rotatable bonds is 3. The summed E-state index contributed by atoms with van der Waals surface area (Å²) in [4.78, 5) is 4.67. The minimum absolute atomic E-state index is 0.204. The van der Waals surface area contributed by atoms with E-state index >= 15 is 0 Å². The largest absolute Gasteiger partial charge is 0.398 e. The molecule has 0 bridgehead atoms. The smallest absolute Gasteiger partial charge is 0.137 e. The van der Waals surface area contributed by atoms with E-state index in [0.717, 1.165) is 5.65 Å². The maximum absolute atomic E-state index is 13.2. The maximum Gasteiger partial charge on any atom is 0.137 e. The Morgan fingerprint density at radius 3 is 2.95 bits per heavy atom. The number of imidazole rings is 1. The van der Waals surface area contributed by atoms with E-state index in [9.17, 15) is 8.60 Å². The Hall–Kier alpha value is -2.21. The van der Waals surface area contributed by atoms with Crippen molar-refractivity contribution in [1.82, 2.24) is 9.38 Å². The molecule has 1 aromatic carbocycles. The highest BCUT2D eigenvalue weighted by molar-refractivity contribution is 7.84. The van der Waals surface area contributed by atoms with E-state index < -0.39 is 16.6 Å². The maximum atomic E-state index is 13.2. The van der Waals surface area contributed by atoms with Gasteiger partial charge in [0, 0.05) is 18.1 Å². The number of anilines is 1. The first kappa shape index (κ1) is 12.8. The lowest BCUT2D eigenvalue weighted by Gasteiger charge is -2.04. The number of hydrogen-bond donors (Lipinski definition) is 1. The van der Waals surface area contributed by atoms with Crippen LogP contribution in [0.3, 0.4) is 0 Å². The third-order valence-corrected chi connectivity index (χ3v) is 4.32. The first-order chi connectivity index (χ1) is 9.63. The minimum atomic E-state index is -1.42. The zero-order valence-corrected chi connectivity index (χ0v) is 11.3. The number of nitrogens with zero attached hydrogens (tertiary/aromatic N) is 2. The van der Waals surface area contributed by atoms with Crippen LogP contribution in [0.2, 0.25) is 0 Å². The summed E-state index contributed by atoms with van der Waals surface area (Å²) in [6.07, 6.45) is 3.67. The summed E-state index contributed by atoms with van der Waals surface area (Å²) in [6.45, 7) is 0. The van der Waals surface area contributed by atoms with E-state index in [-0.39, 0.29) is 5.75 Å². The summed E-state index contributed by atoms with van der Waals surface area (Å²) >= 11 is 0. The van der Waals surface area contributed by atoms with Crippen molar-refractivity contribution >= 4 is 22.1 Å². The Morgan fingerprint density at radius 1 is 1.30 bits per heavy atom. The second kappa shape index (κ2) is 5.05. The molecule has 6 heteroatoms. The zero-order chi connectivity index (χ0) is 14.1. The predicted octanol–water partition coefficient (Wildman–Crippen LogP) is 2.36. The summed E-state index contributed by atoms with van der Waals surface area (Å²) in [7, 11) is -1.42. The SMILES string of the molecule is Nc1ccc(F)cc1S(=O)Cc1cn2ccccc2n1. The molecule has 0 saturated carbocycles. The number of benzene rings is 1. The first-order valence-electron chi connectivity index (χ1n) is 5.99. The molecule has 0 amide bonds. The van der Waals surface area contributed by atoms with Gasteiger partial charge in [-0.25, -0.2) is 9.37 Å². The summed E-state index contributed by atoms with van der Waals surface area (Å²) in [5.41, 5.74) is 7.52. The Bertz CT molecular complexity index is 767. The number of hydrogen-bond acceptors (Lipinski definition) is 3. The second-order valence-electron chi connectivity index (χ2n) is 4.37.